The van der Waals surface area contributed by atoms with Gasteiger partial charge in [-0.05, 0) is 24.6 Å². The lowest BCUT2D eigenvalue weighted by atomic mass is 9.96. The third-order valence-corrected chi connectivity index (χ3v) is 1.97. The Morgan fingerprint density at radius 3 is 2.60 bits per heavy atom. The van der Waals surface area contributed by atoms with Gasteiger partial charge in [0.05, 0.1) is 0 Å². The number of benzene rings is 1. The topological polar surface area (TPSA) is 0 Å². The second kappa shape index (κ2) is 3.24. The van der Waals surface area contributed by atoms with Crippen LogP contribution in [-0.2, 0) is 6.32 Å². The van der Waals surface area contributed by atoms with E-state index in [2.05, 4.69) is 48.9 Å². The average molecular weight is 197 g/mol. The molecule has 0 heterocycles. The third kappa shape index (κ3) is 1.88. The summed E-state index contributed by atoms with van der Waals surface area (Å²) in [5.41, 5.74) is 2.72. The van der Waals surface area contributed by atoms with E-state index in [4.69, 9.17) is 0 Å². The minimum Gasteiger partial charge on any atom is -0.0568 e. The number of aryl methyl sites for hydroxylation is 1. The molecule has 0 aromatic heterocycles. The first kappa shape index (κ1) is 7.87. The Bertz CT molecular complexity index is 212. The fourth-order valence-corrected chi connectivity index (χ4v) is 1.67. The average Bonchev–Trinajstić information content (AvgIpc) is 1.85. The van der Waals surface area contributed by atoms with Crippen LogP contribution in [-0.4, -0.2) is 7.85 Å². The number of hydrogen-bond acceptors (Lipinski definition) is 0. The Balaban J connectivity index is 3.06. The summed E-state index contributed by atoms with van der Waals surface area (Å²) in [5.74, 6) is 0. The molecule has 0 aliphatic rings. The standard InChI is InChI=1S/C8H10BBr/c1-6-2-7(5-9)4-8(10)3-6/h2-4H,5,9H2,1H3. The summed E-state index contributed by atoms with van der Waals surface area (Å²) in [6, 6.07) is 6.50. The monoisotopic (exact) mass is 196 g/mol. The predicted molar refractivity (Wildman–Crippen MR) is 51.1 cm³/mol. The summed E-state index contributed by atoms with van der Waals surface area (Å²) in [6.07, 6.45) is 1.11. The van der Waals surface area contributed by atoms with Gasteiger partial charge in [-0.15, -0.1) is 0 Å². The first-order valence-corrected chi connectivity index (χ1v) is 4.27. The molecule has 0 saturated heterocycles. The van der Waals surface area contributed by atoms with Crippen molar-refractivity contribution in [3.05, 3.63) is 33.8 Å². The van der Waals surface area contributed by atoms with Crippen LogP contribution in [0, 0.1) is 6.92 Å². The van der Waals surface area contributed by atoms with Gasteiger partial charge in [-0.1, -0.05) is 33.9 Å². The zero-order valence-electron chi connectivity index (χ0n) is 6.32. The first-order valence-electron chi connectivity index (χ1n) is 3.48. The molecule has 0 nitrogen and oxygen atoms in total. The Morgan fingerprint density at radius 1 is 1.40 bits per heavy atom. The normalized spacial score (nSPS) is 9.80. The lowest BCUT2D eigenvalue weighted by Gasteiger charge is -1.99. The van der Waals surface area contributed by atoms with Crippen molar-refractivity contribution in [2.24, 2.45) is 0 Å². The summed E-state index contributed by atoms with van der Waals surface area (Å²) in [4.78, 5) is 0. The van der Waals surface area contributed by atoms with Crippen LogP contribution in [0.3, 0.4) is 0 Å². The van der Waals surface area contributed by atoms with E-state index in [1.807, 2.05) is 0 Å². The van der Waals surface area contributed by atoms with Gasteiger partial charge in [0.2, 0.25) is 0 Å². The van der Waals surface area contributed by atoms with Gasteiger partial charge in [0.25, 0.3) is 0 Å². The molecule has 1 aromatic rings. The van der Waals surface area contributed by atoms with E-state index in [9.17, 15) is 0 Å². The van der Waals surface area contributed by atoms with E-state index in [0.29, 0.717) is 0 Å². The van der Waals surface area contributed by atoms with Gasteiger partial charge >= 0.3 is 0 Å². The van der Waals surface area contributed by atoms with E-state index < -0.39 is 0 Å². The lowest BCUT2D eigenvalue weighted by Crippen LogP contribution is -1.84. The van der Waals surface area contributed by atoms with Crippen molar-refractivity contribution >= 4 is 23.8 Å². The van der Waals surface area contributed by atoms with E-state index in [-0.39, 0.29) is 0 Å². The highest BCUT2D eigenvalue weighted by Gasteiger charge is 1.92. The number of halogens is 1. The zero-order valence-corrected chi connectivity index (χ0v) is 7.90. The molecule has 0 fully saturated rings. The van der Waals surface area contributed by atoms with Gasteiger partial charge in [-0.2, -0.15) is 0 Å². The van der Waals surface area contributed by atoms with Crippen LogP contribution in [0.5, 0.6) is 0 Å². The molecule has 0 aliphatic carbocycles. The Morgan fingerprint density at radius 2 is 2.10 bits per heavy atom. The van der Waals surface area contributed by atoms with Gasteiger partial charge in [-0.3, -0.25) is 0 Å². The fraction of sp³-hybridized carbons (Fsp3) is 0.250. The minimum atomic E-state index is 1.11. The summed E-state index contributed by atoms with van der Waals surface area (Å²) in [6.45, 7) is 2.11. The molecule has 0 bridgehead atoms. The highest BCUT2D eigenvalue weighted by atomic mass is 79.9. The van der Waals surface area contributed by atoms with Gasteiger partial charge < -0.3 is 0 Å². The minimum absolute atomic E-state index is 1.11. The van der Waals surface area contributed by atoms with Gasteiger partial charge in [0.15, 0.2) is 0 Å². The number of hydrogen-bond donors (Lipinski definition) is 0. The highest BCUT2D eigenvalue weighted by molar-refractivity contribution is 9.10. The van der Waals surface area contributed by atoms with E-state index in [1.54, 1.807) is 0 Å². The molecule has 0 radical (unpaired) electrons. The van der Waals surface area contributed by atoms with Crippen LogP contribution in [0.2, 0.25) is 0 Å². The second-order valence-electron chi connectivity index (χ2n) is 2.49. The summed E-state index contributed by atoms with van der Waals surface area (Å²) >= 11 is 3.45. The lowest BCUT2D eigenvalue weighted by molar-refractivity contribution is 1.33. The van der Waals surface area contributed by atoms with Crippen molar-refractivity contribution in [2.45, 2.75) is 13.2 Å². The molecular weight excluding hydrogens is 187 g/mol. The Hall–Kier alpha value is -0.235. The van der Waals surface area contributed by atoms with Crippen LogP contribution in [0.4, 0.5) is 0 Å². The fourth-order valence-electron chi connectivity index (χ4n) is 1.02. The third-order valence-electron chi connectivity index (χ3n) is 1.51. The zero-order chi connectivity index (χ0) is 7.56. The molecule has 2 heteroatoms. The molecule has 1 rings (SSSR count). The molecule has 0 aliphatic heterocycles. The maximum Gasteiger partial charge on any atom is 0.107 e. The predicted octanol–water partition coefficient (Wildman–Crippen LogP) is 1.89. The van der Waals surface area contributed by atoms with Crippen molar-refractivity contribution in [3.63, 3.8) is 0 Å². The van der Waals surface area contributed by atoms with E-state index in [0.717, 1.165) is 6.32 Å². The first-order chi connectivity index (χ1) is 4.72. The van der Waals surface area contributed by atoms with Crippen LogP contribution in [0.15, 0.2) is 22.7 Å². The maximum atomic E-state index is 3.45. The molecular formula is C8H10BBr. The van der Waals surface area contributed by atoms with Crippen LogP contribution in [0.25, 0.3) is 0 Å². The smallest absolute Gasteiger partial charge is 0.0568 e. The van der Waals surface area contributed by atoms with Gasteiger partial charge in [-0.25, -0.2) is 0 Å². The van der Waals surface area contributed by atoms with Crippen molar-refractivity contribution < 1.29 is 0 Å². The van der Waals surface area contributed by atoms with E-state index in [1.165, 1.54) is 15.6 Å². The molecule has 0 saturated carbocycles. The summed E-state index contributed by atoms with van der Waals surface area (Å²) in [7, 11) is 2.17. The molecule has 10 heavy (non-hydrogen) atoms. The van der Waals surface area contributed by atoms with Crippen molar-refractivity contribution in [1.82, 2.24) is 0 Å². The molecule has 1 aromatic carbocycles. The molecule has 52 valence electrons. The molecule has 0 spiro atoms. The van der Waals surface area contributed by atoms with Crippen molar-refractivity contribution in [1.29, 1.82) is 0 Å². The van der Waals surface area contributed by atoms with Crippen molar-refractivity contribution in [3.8, 4) is 0 Å². The summed E-state index contributed by atoms with van der Waals surface area (Å²) in [5, 5.41) is 0. The second-order valence-corrected chi connectivity index (χ2v) is 3.41. The molecule has 0 atom stereocenters. The Labute approximate surface area is 71.2 Å². The summed E-state index contributed by atoms with van der Waals surface area (Å²) < 4.78 is 1.18. The largest absolute Gasteiger partial charge is 0.107 e. The van der Waals surface area contributed by atoms with Crippen LogP contribution < -0.4 is 0 Å². The molecule has 0 amide bonds. The van der Waals surface area contributed by atoms with Crippen LogP contribution in [0.1, 0.15) is 11.1 Å². The maximum absolute atomic E-state index is 3.45. The van der Waals surface area contributed by atoms with Crippen LogP contribution >= 0.6 is 15.9 Å². The number of rotatable bonds is 1. The van der Waals surface area contributed by atoms with E-state index >= 15 is 0 Å². The van der Waals surface area contributed by atoms with Crippen molar-refractivity contribution in [2.75, 3.05) is 0 Å². The van der Waals surface area contributed by atoms with Gasteiger partial charge in [0, 0.05) is 4.47 Å². The molecule has 0 unspecified atom stereocenters. The quantitative estimate of drug-likeness (QED) is 0.603. The molecule has 0 N–H and O–H groups in total. The van der Waals surface area contributed by atoms with Gasteiger partial charge in [0.1, 0.15) is 7.85 Å². The Kier molecular flexibility index (Phi) is 2.55. The highest BCUT2D eigenvalue weighted by Crippen LogP contribution is 2.14. The SMILES string of the molecule is BCc1cc(C)cc(Br)c1.